The molecule has 15 heavy (non-hydrogen) atoms. The highest BCUT2D eigenvalue weighted by atomic mass is 19.1. The van der Waals surface area contributed by atoms with Gasteiger partial charge in [0.1, 0.15) is 5.82 Å². The van der Waals surface area contributed by atoms with Crippen molar-refractivity contribution in [2.75, 3.05) is 7.05 Å². The van der Waals surface area contributed by atoms with Crippen LogP contribution in [0.5, 0.6) is 0 Å². The van der Waals surface area contributed by atoms with Gasteiger partial charge in [-0.15, -0.1) is 0 Å². The predicted octanol–water partition coefficient (Wildman–Crippen LogP) is 2.48. The Kier molecular flexibility index (Phi) is 3.12. The Morgan fingerprint density at radius 1 is 1.33 bits per heavy atom. The van der Waals surface area contributed by atoms with Crippen molar-refractivity contribution in [3.05, 3.63) is 35.1 Å². The molecule has 0 spiro atoms. The average Bonchev–Trinajstić information content (AvgIpc) is 2.15. The average molecular weight is 209 g/mol. The van der Waals surface area contributed by atoms with E-state index in [0.29, 0.717) is 5.56 Å². The van der Waals surface area contributed by atoms with Crippen LogP contribution in [0.2, 0.25) is 0 Å². The zero-order chi connectivity index (χ0) is 11.6. The quantitative estimate of drug-likeness (QED) is 0.756. The highest BCUT2D eigenvalue weighted by Crippen LogP contribution is 2.26. The van der Waals surface area contributed by atoms with Crippen molar-refractivity contribution in [3.63, 3.8) is 0 Å². The monoisotopic (exact) mass is 209 g/mol. The second kappa shape index (κ2) is 4.01. The predicted molar refractivity (Wildman–Crippen MR) is 58.5 cm³/mol. The van der Waals surface area contributed by atoms with Crippen LogP contribution < -0.4 is 5.32 Å². The molecule has 0 bridgehead atoms. The highest BCUT2D eigenvalue weighted by Gasteiger charge is 2.22. The summed E-state index contributed by atoms with van der Waals surface area (Å²) in [5, 5.41) is 2.42. The molecule has 3 heteroatoms. The summed E-state index contributed by atoms with van der Waals surface area (Å²) in [4.78, 5) is 11.4. The molecular weight excluding hydrogens is 193 g/mol. The zero-order valence-electron chi connectivity index (χ0n) is 9.52. The van der Waals surface area contributed by atoms with Crippen LogP contribution in [0.3, 0.4) is 0 Å². The summed E-state index contributed by atoms with van der Waals surface area (Å²) in [6.45, 7) is 5.75. The van der Waals surface area contributed by atoms with Crippen LogP contribution in [0.25, 0.3) is 0 Å². The molecule has 1 rings (SSSR count). The van der Waals surface area contributed by atoms with Crippen LogP contribution >= 0.6 is 0 Å². The van der Waals surface area contributed by atoms with E-state index in [2.05, 4.69) is 5.32 Å². The van der Waals surface area contributed by atoms with Gasteiger partial charge in [-0.1, -0.05) is 32.9 Å². The first-order chi connectivity index (χ1) is 6.88. The van der Waals surface area contributed by atoms with Gasteiger partial charge in [0.2, 0.25) is 0 Å². The van der Waals surface area contributed by atoms with Gasteiger partial charge >= 0.3 is 0 Å². The van der Waals surface area contributed by atoms with E-state index in [-0.39, 0.29) is 11.0 Å². The molecule has 0 fully saturated rings. The molecule has 0 aliphatic carbocycles. The third-order valence-electron chi connectivity index (χ3n) is 2.28. The topological polar surface area (TPSA) is 29.1 Å². The molecule has 0 radical (unpaired) electrons. The molecule has 1 N–H and O–H groups in total. The number of hydrogen-bond donors (Lipinski definition) is 1. The van der Waals surface area contributed by atoms with Gasteiger partial charge < -0.3 is 5.32 Å². The summed E-state index contributed by atoms with van der Waals surface area (Å²) in [5.41, 5.74) is 0.363. The van der Waals surface area contributed by atoms with Gasteiger partial charge in [-0.25, -0.2) is 4.39 Å². The van der Waals surface area contributed by atoms with E-state index >= 15 is 0 Å². The Hall–Kier alpha value is -1.38. The van der Waals surface area contributed by atoms with Crippen LogP contribution in [-0.4, -0.2) is 13.0 Å². The summed E-state index contributed by atoms with van der Waals surface area (Å²) >= 11 is 0. The highest BCUT2D eigenvalue weighted by molar-refractivity contribution is 5.94. The maximum absolute atomic E-state index is 13.9. The lowest BCUT2D eigenvalue weighted by atomic mass is 9.85. The lowest BCUT2D eigenvalue weighted by molar-refractivity contribution is 0.0958. The van der Waals surface area contributed by atoms with Gasteiger partial charge in [-0.2, -0.15) is 0 Å². The summed E-state index contributed by atoms with van der Waals surface area (Å²) in [6, 6.07) is 4.90. The Labute approximate surface area is 89.5 Å². The van der Waals surface area contributed by atoms with E-state index in [4.69, 9.17) is 0 Å². The SMILES string of the molecule is CNC(=O)c1cccc(C(C)(C)C)c1F. The van der Waals surface area contributed by atoms with Gasteiger partial charge in [0, 0.05) is 7.05 Å². The van der Waals surface area contributed by atoms with Crippen molar-refractivity contribution in [2.45, 2.75) is 26.2 Å². The lowest BCUT2D eigenvalue weighted by Crippen LogP contribution is -2.22. The van der Waals surface area contributed by atoms with Gasteiger partial charge in [-0.05, 0) is 17.0 Å². The molecule has 0 aliphatic rings. The molecule has 0 heterocycles. The normalized spacial score (nSPS) is 11.3. The van der Waals surface area contributed by atoms with Gasteiger partial charge in [0.05, 0.1) is 5.56 Å². The van der Waals surface area contributed by atoms with Gasteiger partial charge in [0.15, 0.2) is 0 Å². The minimum absolute atomic E-state index is 0.102. The van der Waals surface area contributed by atoms with Crippen molar-refractivity contribution in [3.8, 4) is 0 Å². The van der Waals surface area contributed by atoms with Crippen LogP contribution in [0, 0.1) is 5.82 Å². The fraction of sp³-hybridized carbons (Fsp3) is 0.417. The first-order valence-electron chi connectivity index (χ1n) is 4.89. The second-order valence-electron chi connectivity index (χ2n) is 4.50. The fourth-order valence-electron chi connectivity index (χ4n) is 1.42. The van der Waals surface area contributed by atoms with Gasteiger partial charge in [-0.3, -0.25) is 4.79 Å². The number of nitrogens with one attached hydrogen (secondary N) is 1. The third-order valence-corrected chi connectivity index (χ3v) is 2.28. The molecule has 0 saturated heterocycles. The number of halogens is 1. The van der Waals surface area contributed by atoms with Crippen molar-refractivity contribution in [1.82, 2.24) is 5.32 Å². The van der Waals surface area contributed by atoms with Crippen molar-refractivity contribution in [2.24, 2.45) is 0 Å². The smallest absolute Gasteiger partial charge is 0.254 e. The molecule has 2 nitrogen and oxygen atoms in total. The fourth-order valence-corrected chi connectivity index (χ4v) is 1.42. The van der Waals surface area contributed by atoms with E-state index < -0.39 is 11.7 Å². The third kappa shape index (κ3) is 2.35. The lowest BCUT2D eigenvalue weighted by Gasteiger charge is -2.20. The molecule has 0 atom stereocenters. The van der Waals surface area contributed by atoms with Crippen LogP contribution in [0.4, 0.5) is 4.39 Å². The van der Waals surface area contributed by atoms with E-state index in [0.717, 1.165) is 0 Å². The minimum atomic E-state index is -0.427. The number of rotatable bonds is 1. The number of benzene rings is 1. The van der Waals surface area contributed by atoms with E-state index in [1.54, 1.807) is 12.1 Å². The molecule has 0 saturated carbocycles. The maximum Gasteiger partial charge on any atom is 0.254 e. The number of hydrogen-bond acceptors (Lipinski definition) is 1. The molecule has 0 aliphatic heterocycles. The minimum Gasteiger partial charge on any atom is -0.355 e. The first-order valence-corrected chi connectivity index (χ1v) is 4.89. The van der Waals surface area contributed by atoms with Crippen LogP contribution in [0.15, 0.2) is 18.2 Å². The largest absolute Gasteiger partial charge is 0.355 e. The number of carbonyl (C=O) groups excluding carboxylic acids is 1. The zero-order valence-corrected chi connectivity index (χ0v) is 9.52. The van der Waals surface area contributed by atoms with Crippen LogP contribution in [-0.2, 0) is 5.41 Å². The molecule has 82 valence electrons. The van der Waals surface area contributed by atoms with Crippen molar-refractivity contribution >= 4 is 5.91 Å². The van der Waals surface area contributed by atoms with Crippen LogP contribution in [0.1, 0.15) is 36.7 Å². The summed E-state index contributed by atoms with van der Waals surface area (Å²) in [7, 11) is 1.49. The Balaban J connectivity index is 3.30. The Bertz CT molecular complexity index is 380. The molecule has 1 aromatic carbocycles. The van der Waals surface area contributed by atoms with E-state index in [1.165, 1.54) is 13.1 Å². The standard InChI is InChI=1S/C12H16FNO/c1-12(2,3)9-7-5-6-8(10(9)13)11(15)14-4/h5-7H,1-4H3,(H,14,15). The molecular formula is C12H16FNO. The second-order valence-corrected chi connectivity index (χ2v) is 4.50. The Morgan fingerprint density at radius 2 is 1.93 bits per heavy atom. The number of amides is 1. The summed E-state index contributed by atoms with van der Waals surface area (Å²) in [6.07, 6.45) is 0. The molecule has 1 amide bonds. The molecule has 1 aromatic rings. The molecule has 0 unspecified atom stereocenters. The summed E-state index contributed by atoms with van der Waals surface area (Å²) in [5.74, 6) is -0.817. The van der Waals surface area contributed by atoms with Gasteiger partial charge in [0.25, 0.3) is 5.91 Å². The molecule has 0 aromatic heterocycles. The number of carbonyl (C=O) groups is 1. The summed E-state index contributed by atoms with van der Waals surface area (Å²) < 4.78 is 13.9. The Morgan fingerprint density at radius 3 is 2.40 bits per heavy atom. The first kappa shape index (κ1) is 11.7. The van der Waals surface area contributed by atoms with Crippen molar-refractivity contribution in [1.29, 1.82) is 0 Å². The van der Waals surface area contributed by atoms with E-state index in [9.17, 15) is 9.18 Å². The maximum atomic E-state index is 13.9. The van der Waals surface area contributed by atoms with E-state index in [1.807, 2.05) is 20.8 Å². The van der Waals surface area contributed by atoms with Crippen molar-refractivity contribution < 1.29 is 9.18 Å².